The highest BCUT2D eigenvalue weighted by Crippen LogP contribution is 2.29. The summed E-state index contributed by atoms with van der Waals surface area (Å²) in [6.45, 7) is 8.37. The molecule has 206 valence electrons. The lowest BCUT2D eigenvalue weighted by Crippen LogP contribution is -2.48. The number of alkyl halides is 3. The Hall–Kier alpha value is -3.72. The SMILES string of the molecule is Cc1cc(Nc2cccc(CN(C(=O)/C=C/c3ccc(C(F)(F)F)cc3)C3CCN(C(C)C)CC3)n2)ccn1. The summed E-state index contributed by atoms with van der Waals surface area (Å²) in [7, 11) is 0. The third kappa shape index (κ3) is 7.89. The van der Waals surface area contributed by atoms with Crippen LogP contribution in [0.4, 0.5) is 24.7 Å². The molecule has 0 atom stereocenters. The number of benzene rings is 1. The van der Waals surface area contributed by atoms with Gasteiger partial charge in [0.15, 0.2) is 0 Å². The number of rotatable bonds is 8. The molecule has 1 saturated heterocycles. The van der Waals surface area contributed by atoms with Crippen LogP contribution in [-0.4, -0.2) is 50.8 Å². The van der Waals surface area contributed by atoms with Gasteiger partial charge >= 0.3 is 6.18 Å². The van der Waals surface area contributed by atoms with Gasteiger partial charge in [0.1, 0.15) is 5.82 Å². The Bertz CT molecular complexity index is 1280. The second-order valence-electron chi connectivity index (χ2n) is 10.1. The molecule has 0 unspecified atom stereocenters. The monoisotopic (exact) mass is 537 g/mol. The second kappa shape index (κ2) is 12.4. The third-order valence-electron chi connectivity index (χ3n) is 6.92. The van der Waals surface area contributed by atoms with Crippen molar-refractivity contribution in [1.82, 2.24) is 19.8 Å². The van der Waals surface area contributed by atoms with E-state index in [-0.39, 0.29) is 11.9 Å². The number of halogens is 3. The van der Waals surface area contributed by atoms with E-state index in [1.807, 2.05) is 42.2 Å². The number of nitrogens with zero attached hydrogens (tertiary/aromatic N) is 4. The van der Waals surface area contributed by atoms with Crippen molar-refractivity contribution in [2.45, 2.75) is 58.4 Å². The van der Waals surface area contributed by atoms with E-state index in [1.54, 1.807) is 12.3 Å². The van der Waals surface area contributed by atoms with E-state index in [4.69, 9.17) is 4.98 Å². The Morgan fingerprint density at radius 2 is 1.85 bits per heavy atom. The van der Waals surface area contributed by atoms with E-state index in [1.165, 1.54) is 18.2 Å². The van der Waals surface area contributed by atoms with Crippen LogP contribution >= 0.6 is 0 Å². The maximum Gasteiger partial charge on any atom is 0.416 e. The summed E-state index contributed by atoms with van der Waals surface area (Å²) in [5.74, 6) is 0.475. The van der Waals surface area contributed by atoms with E-state index >= 15 is 0 Å². The molecule has 1 N–H and O–H groups in total. The molecule has 1 aliphatic rings. The van der Waals surface area contributed by atoms with Gasteiger partial charge in [-0.05, 0) is 81.7 Å². The van der Waals surface area contributed by atoms with E-state index in [9.17, 15) is 18.0 Å². The number of carbonyl (C=O) groups is 1. The van der Waals surface area contributed by atoms with E-state index < -0.39 is 11.7 Å². The first-order valence-corrected chi connectivity index (χ1v) is 13.1. The lowest BCUT2D eigenvalue weighted by atomic mass is 10.0. The molecule has 3 heterocycles. The Kier molecular flexibility index (Phi) is 9.01. The molecule has 39 heavy (non-hydrogen) atoms. The van der Waals surface area contributed by atoms with Crippen molar-refractivity contribution >= 4 is 23.5 Å². The molecule has 2 aromatic heterocycles. The number of hydrogen-bond donors (Lipinski definition) is 1. The van der Waals surface area contributed by atoms with Crippen LogP contribution < -0.4 is 5.32 Å². The minimum absolute atomic E-state index is 0.0334. The second-order valence-corrected chi connectivity index (χ2v) is 10.1. The van der Waals surface area contributed by atoms with Crippen LogP contribution in [0.3, 0.4) is 0 Å². The number of piperidine rings is 1. The topological polar surface area (TPSA) is 61.4 Å². The van der Waals surface area contributed by atoms with E-state index in [0.717, 1.165) is 55.1 Å². The van der Waals surface area contributed by atoms with Crippen molar-refractivity contribution in [3.63, 3.8) is 0 Å². The molecule has 1 aliphatic heterocycles. The highest BCUT2D eigenvalue weighted by molar-refractivity contribution is 5.92. The number of hydrogen-bond acceptors (Lipinski definition) is 5. The lowest BCUT2D eigenvalue weighted by Gasteiger charge is -2.39. The molecule has 1 fully saturated rings. The van der Waals surface area contributed by atoms with Crippen LogP contribution in [0, 0.1) is 6.92 Å². The molecule has 9 heteroatoms. The Labute approximate surface area is 227 Å². The molecule has 4 rings (SSSR count). The van der Waals surface area contributed by atoms with Gasteiger partial charge in [-0.15, -0.1) is 0 Å². The Morgan fingerprint density at radius 3 is 2.49 bits per heavy atom. The first-order chi connectivity index (χ1) is 18.6. The summed E-state index contributed by atoms with van der Waals surface area (Å²) in [5.41, 5.74) is 2.32. The average molecular weight is 538 g/mol. The van der Waals surface area contributed by atoms with Crippen molar-refractivity contribution < 1.29 is 18.0 Å². The molecule has 0 bridgehead atoms. The summed E-state index contributed by atoms with van der Waals surface area (Å²) < 4.78 is 38.7. The molecule has 0 radical (unpaired) electrons. The first kappa shape index (κ1) is 28.3. The standard InChI is InChI=1S/C30H34F3N5O/c1-21(2)37-17-14-27(15-18-37)38(29(39)12-9-23-7-10-24(11-8-23)30(31,32)33)20-26-5-4-6-28(36-26)35-25-13-16-34-22(3)19-25/h4-13,16,19,21,27H,14-15,17-18,20H2,1-3H3,(H,34,35,36)/b12-9+. The van der Waals surface area contributed by atoms with E-state index in [0.29, 0.717) is 24.0 Å². The zero-order valence-electron chi connectivity index (χ0n) is 22.4. The molecular weight excluding hydrogens is 503 g/mol. The summed E-state index contributed by atoms with van der Waals surface area (Å²) >= 11 is 0. The number of pyridine rings is 2. The van der Waals surface area contributed by atoms with Gasteiger partial charge < -0.3 is 15.1 Å². The molecule has 0 aliphatic carbocycles. The minimum atomic E-state index is -4.40. The van der Waals surface area contributed by atoms with E-state index in [2.05, 4.69) is 29.0 Å². The van der Waals surface area contributed by atoms with Crippen LogP contribution in [0.5, 0.6) is 0 Å². The van der Waals surface area contributed by atoms with Gasteiger partial charge in [-0.25, -0.2) is 4.98 Å². The number of aryl methyl sites for hydroxylation is 1. The Balaban J connectivity index is 1.52. The first-order valence-electron chi connectivity index (χ1n) is 13.1. The highest BCUT2D eigenvalue weighted by atomic mass is 19.4. The van der Waals surface area contributed by atoms with Crippen LogP contribution in [0.15, 0.2) is 66.9 Å². The quantitative estimate of drug-likeness (QED) is 0.334. The maximum atomic E-state index is 13.5. The summed E-state index contributed by atoms with van der Waals surface area (Å²) in [5, 5.41) is 3.29. The number of nitrogens with one attached hydrogen (secondary N) is 1. The van der Waals surface area contributed by atoms with Crippen LogP contribution in [0.2, 0.25) is 0 Å². The predicted molar refractivity (Wildman–Crippen MR) is 147 cm³/mol. The zero-order chi connectivity index (χ0) is 28.0. The molecular formula is C30H34F3N5O. The summed E-state index contributed by atoms with van der Waals surface area (Å²) in [4.78, 5) is 26.7. The minimum Gasteiger partial charge on any atom is -0.340 e. The summed E-state index contributed by atoms with van der Waals surface area (Å²) in [6, 6.07) is 14.7. The molecule has 0 spiro atoms. The fraction of sp³-hybridized carbons (Fsp3) is 0.367. The highest BCUT2D eigenvalue weighted by Gasteiger charge is 2.30. The molecule has 1 aromatic carbocycles. The number of anilines is 2. The number of likely N-dealkylation sites (tertiary alicyclic amines) is 1. The van der Waals surface area contributed by atoms with Gasteiger partial charge in [0.05, 0.1) is 17.8 Å². The summed E-state index contributed by atoms with van der Waals surface area (Å²) in [6.07, 6.45) is 2.02. The van der Waals surface area contributed by atoms with Crippen LogP contribution in [0.1, 0.15) is 49.2 Å². The van der Waals surface area contributed by atoms with Crippen LogP contribution in [0.25, 0.3) is 6.08 Å². The fourth-order valence-electron chi connectivity index (χ4n) is 4.73. The normalized spacial score (nSPS) is 15.2. The predicted octanol–water partition coefficient (Wildman–Crippen LogP) is 6.46. The molecule has 0 saturated carbocycles. The van der Waals surface area contributed by atoms with Gasteiger partial charge in [-0.2, -0.15) is 13.2 Å². The van der Waals surface area contributed by atoms with Crippen molar-refractivity contribution in [3.8, 4) is 0 Å². The van der Waals surface area contributed by atoms with Gasteiger partial charge in [-0.1, -0.05) is 18.2 Å². The zero-order valence-corrected chi connectivity index (χ0v) is 22.4. The maximum absolute atomic E-state index is 13.5. The fourth-order valence-corrected chi connectivity index (χ4v) is 4.73. The van der Waals surface area contributed by atoms with Crippen molar-refractivity contribution in [2.24, 2.45) is 0 Å². The van der Waals surface area contributed by atoms with Gasteiger partial charge in [0.25, 0.3) is 0 Å². The van der Waals surface area contributed by atoms with Crippen molar-refractivity contribution in [3.05, 3.63) is 89.4 Å². The van der Waals surface area contributed by atoms with Gasteiger partial charge in [-0.3, -0.25) is 9.78 Å². The van der Waals surface area contributed by atoms with Crippen LogP contribution in [-0.2, 0) is 17.5 Å². The average Bonchev–Trinajstić information content (AvgIpc) is 2.90. The Morgan fingerprint density at radius 1 is 1.13 bits per heavy atom. The number of aromatic nitrogens is 2. The van der Waals surface area contributed by atoms with Crippen molar-refractivity contribution in [2.75, 3.05) is 18.4 Å². The molecule has 3 aromatic rings. The van der Waals surface area contributed by atoms with Gasteiger partial charge in [0.2, 0.25) is 5.91 Å². The van der Waals surface area contributed by atoms with Gasteiger partial charge in [0, 0.05) is 48.8 Å². The smallest absolute Gasteiger partial charge is 0.340 e. The number of carbonyl (C=O) groups excluding carboxylic acids is 1. The molecule has 6 nitrogen and oxygen atoms in total. The number of amides is 1. The molecule has 1 amide bonds. The lowest BCUT2D eigenvalue weighted by molar-refractivity contribution is -0.137. The third-order valence-corrected chi connectivity index (χ3v) is 6.92. The van der Waals surface area contributed by atoms with Crippen molar-refractivity contribution in [1.29, 1.82) is 0 Å². The largest absolute Gasteiger partial charge is 0.416 e.